The van der Waals surface area contributed by atoms with Gasteiger partial charge in [-0.15, -0.1) is 11.3 Å². The summed E-state index contributed by atoms with van der Waals surface area (Å²) in [6.07, 6.45) is 1.94. The van der Waals surface area contributed by atoms with Crippen LogP contribution in [0.2, 0.25) is 0 Å². The van der Waals surface area contributed by atoms with Crippen LogP contribution in [0.4, 0.5) is 0 Å². The topological polar surface area (TPSA) is 69.6 Å². The molecule has 3 aromatic rings. The highest BCUT2D eigenvalue weighted by atomic mass is 32.1. The molecular formula is C19H20N2O4S. The number of carbonyl (C=O) groups is 1. The zero-order valence-corrected chi connectivity index (χ0v) is 15.5. The van der Waals surface area contributed by atoms with Gasteiger partial charge in [-0.05, 0) is 18.9 Å². The fourth-order valence-electron chi connectivity index (χ4n) is 3.39. The SMILES string of the molecule is CNC(=O)c1sc2c(c1OCC1CCCO1)c(=O)n(C)c1ccccc21. The van der Waals surface area contributed by atoms with Gasteiger partial charge in [-0.25, -0.2) is 0 Å². The van der Waals surface area contributed by atoms with E-state index >= 15 is 0 Å². The number of thiophene rings is 1. The number of aromatic nitrogens is 1. The van der Waals surface area contributed by atoms with Gasteiger partial charge in [0.15, 0.2) is 5.75 Å². The van der Waals surface area contributed by atoms with Crippen molar-refractivity contribution >= 4 is 38.2 Å². The molecule has 1 aromatic carbocycles. The van der Waals surface area contributed by atoms with Crippen molar-refractivity contribution in [2.75, 3.05) is 20.3 Å². The van der Waals surface area contributed by atoms with Crippen LogP contribution in [0, 0.1) is 0 Å². The number of aryl methyl sites for hydroxylation is 1. The van der Waals surface area contributed by atoms with Gasteiger partial charge < -0.3 is 19.4 Å². The average molecular weight is 372 g/mol. The van der Waals surface area contributed by atoms with Crippen LogP contribution in [0.5, 0.6) is 5.75 Å². The van der Waals surface area contributed by atoms with E-state index < -0.39 is 0 Å². The maximum absolute atomic E-state index is 13.0. The number of ether oxygens (including phenoxy) is 2. The van der Waals surface area contributed by atoms with E-state index in [1.165, 1.54) is 11.3 Å². The lowest BCUT2D eigenvalue weighted by Crippen LogP contribution is -2.22. The summed E-state index contributed by atoms with van der Waals surface area (Å²) in [7, 11) is 3.32. The quantitative estimate of drug-likeness (QED) is 0.764. The number of hydrogen-bond acceptors (Lipinski definition) is 5. The zero-order valence-electron chi connectivity index (χ0n) is 14.7. The molecule has 1 N–H and O–H groups in total. The van der Waals surface area contributed by atoms with E-state index in [4.69, 9.17) is 9.47 Å². The molecule has 1 aliphatic rings. The number of benzene rings is 1. The van der Waals surface area contributed by atoms with Crippen molar-refractivity contribution in [1.29, 1.82) is 0 Å². The molecule has 0 radical (unpaired) electrons. The van der Waals surface area contributed by atoms with Gasteiger partial charge in [-0.2, -0.15) is 0 Å². The first-order valence-corrected chi connectivity index (χ1v) is 9.44. The number of rotatable bonds is 4. The summed E-state index contributed by atoms with van der Waals surface area (Å²) < 4.78 is 14.0. The molecular weight excluding hydrogens is 352 g/mol. The summed E-state index contributed by atoms with van der Waals surface area (Å²) in [5, 5.41) is 4.05. The Morgan fingerprint density at radius 1 is 1.42 bits per heavy atom. The number of pyridine rings is 1. The van der Waals surface area contributed by atoms with Gasteiger partial charge in [-0.3, -0.25) is 9.59 Å². The van der Waals surface area contributed by atoms with Gasteiger partial charge in [-0.1, -0.05) is 18.2 Å². The number of para-hydroxylation sites is 1. The van der Waals surface area contributed by atoms with Gasteiger partial charge in [0.1, 0.15) is 16.9 Å². The van der Waals surface area contributed by atoms with E-state index in [2.05, 4.69) is 5.32 Å². The predicted octanol–water partition coefficient (Wildman–Crippen LogP) is 2.67. The first-order chi connectivity index (χ1) is 12.6. The molecule has 0 spiro atoms. The lowest BCUT2D eigenvalue weighted by molar-refractivity contribution is 0.0678. The molecule has 0 bridgehead atoms. The minimum Gasteiger partial charge on any atom is -0.488 e. The molecule has 1 unspecified atom stereocenters. The molecule has 0 aliphatic carbocycles. The predicted molar refractivity (Wildman–Crippen MR) is 102 cm³/mol. The molecule has 1 aliphatic heterocycles. The molecule has 26 heavy (non-hydrogen) atoms. The van der Waals surface area contributed by atoms with Crippen molar-refractivity contribution in [2.45, 2.75) is 18.9 Å². The lowest BCUT2D eigenvalue weighted by atomic mass is 10.1. The maximum atomic E-state index is 13.0. The number of carbonyl (C=O) groups excluding carboxylic acids is 1. The Morgan fingerprint density at radius 2 is 2.23 bits per heavy atom. The summed E-state index contributed by atoms with van der Waals surface area (Å²) in [5.41, 5.74) is 0.674. The molecule has 7 heteroatoms. The summed E-state index contributed by atoms with van der Waals surface area (Å²) in [5.74, 6) is 0.117. The summed E-state index contributed by atoms with van der Waals surface area (Å²) in [6, 6.07) is 7.70. The number of amides is 1. The number of nitrogens with zero attached hydrogens (tertiary/aromatic N) is 1. The van der Waals surface area contributed by atoms with E-state index in [0.717, 1.165) is 35.1 Å². The molecule has 3 heterocycles. The highest BCUT2D eigenvalue weighted by molar-refractivity contribution is 7.22. The molecule has 1 fully saturated rings. The standard InChI is InChI=1S/C19H20N2O4S/c1-20-18(22)17-15(25-10-11-6-5-9-24-11)14-16(26-17)12-7-3-4-8-13(12)21(2)19(14)23/h3-4,7-8,11H,5-6,9-10H2,1-2H3,(H,20,22). The third-order valence-electron chi connectivity index (χ3n) is 4.76. The third kappa shape index (κ3) is 2.68. The van der Waals surface area contributed by atoms with E-state index in [0.29, 0.717) is 22.6 Å². The van der Waals surface area contributed by atoms with E-state index in [1.807, 2.05) is 24.3 Å². The zero-order chi connectivity index (χ0) is 18.3. The first-order valence-electron chi connectivity index (χ1n) is 8.62. The Morgan fingerprint density at radius 3 is 2.96 bits per heavy atom. The van der Waals surface area contributed by atoms with Crippen molar-refractivity contribution in [3.8, 4) is 5.75 Å². The van der Waals surface area contributed by atoms with E-state index in [9.17, 15) is 9.59 Å². The number of nitrogens with one attached hydrogen (secondary N) is 1. The van der Waals surface area contributed by atoms with Crippen LogP contribution in [0.3, 0.4) is 0 Å². The second-order valence-corrected chi connectivity index (χ2v) is 7.39. The Kier molecular flexibility index (Phi) is 4.42. The highest BCUT2D eigenvalue weighted by Gasteiger charge is 2.26. The molecule has 4 rings (SSSR count). The van der Waals surface area contributed by atoms with Crippen LogP contribution >= 0.6 is 11.3 Å². The normalized spacial score (nSPS) is 17.1. The number of fused-ring (bicyclic) bond motifs is 3. The third-order valence-corrected chi connectivity index (χ3v) is 5.97. The van der Waals surface area contributed by atoms with Gasteiger partial charge in [0, 0.05) is 26.1 Å². The second-order valence-electron chi connectivity index (χ2n) is 6.37. The molecule has 1 atom stereocenters. The van der Waals surface area contributed by atoms with Gasteiger partial charge in [0.2, 0.25) is 0 Å². The molecule has 6 nitrogen and oxygen atoms in total. The minimum absolute atomic E-state index is 0.00629. The van der Waals surface area contributed by atoms with Crippen LogP contribution < -0.4 is 15.6 Å². The largest absolute Gasteiger partial charge is 0.488 e. The van der Waals surface area contributed by atoms with Crippen LogP contribution in [0.25, 0.3) is 21.0 Å². The van der Waals surface area contributed by atoms with Gasteiger partial charge in [0.05, 0.1) is 16.3 Å². The molecule has 1 amide bonds. The Balaban J connectivity index is 1.94. The summed E-state index contributed by atoms with van der Waals surface area (Å²) in [4.78, 5) is 25.8. The van der Waals surface area contributed by atoms with Crippen LogP contribution in [0.15, 0.2) is 29.1 Å². The molecule has 0 saturated carbocycles. The fraction of sp³-hybridized carbons (Fsp3) is 0.368. The van der Waals surface area contributed by atoms with Crippen molar-refractivity contribution in [1.82, 2.24) is 9.88 Å². The monoisotopic (exact) mass is 372 g/mol. The Hall–Kier alpha value is -2.38. The smallest absolute Gasteiger partial charge is 0.264 e. The minimum atomic E-state index is -0.250. The van der Waals surface area contributed by atoms with Crippen molar-refractivity contribution in [3.05, 3.63) is 39.5 Å². The second kappa shape index (κ2) is 6.74. The van der Waals surface area contributed by atoms with Crippen molar-refractivity contribution in [3.63, 3.8) is 0 Å². The van der Waals surface area contributed by atoms with Crippen LogP contribution in [-0.4, -0.2) is 36.8 Å². The Labute approximate surface area is 154 Å². The van der Waals surface area contributed by atoms with Gasteiger partial charge in [0.25, 0.3) is 11.5 Å². The van der Waals surface area contributed by atoms with Crippen molar-refractivity contribution in [2.24, 2.45) is 7.05 Å². The number of hydrogen-bond donors (Lipinski definition) is 1. The van der Waals surface area contributed by atoms with Gasteiger partial charge >= 0.3 is 0 Å². The van der Waals surface area contributed by atoms with Crippen LogP contribution in [-0.2, 0) is 11.8 Å². The molecule has 2 aromatic heterocycles. The average Bonchev–Trinajstić information content (AvgIpc) is 3.31. The lowest BCUT2D eigenvalue weighted by Gasteiger charge is -2.12. The Bertz CT molecular complexity index is 1050. The van der Waals surface area contributed by atoms with Crippen molar-refractivity contribution < 1.29 is 14.3 Å². The molecule has 1 saturated heterocycles. The van der Waals surface area contributed by atoms with E-state index in [-0.39, 0.29) is 17.6 Å². The molecule has 136 valence electrons. The highest BCUT2D eigenvalue weighted by Crippen LogP contribution is 2.39. The maximum Gasteiger partial charge on any atom is 0.264 e. The van der Waals surface area contributed by atoms with E-state index in [1.54, 1.807) is 18.7 Å². The summed E-state index contributed by atoms with van der Waals surface area (Å²) >= 11 is 1.30. The first kappa shape index (κ1) is 17.1. The summed E-state index contributed by atoms with van der Waals surface area (Å²) in [6.45, 7) is 1.07. The fourth-order valence-corrected chi connectivity index (χ4v) is 4.61. The van der Waals surface area contributed by atoms with Crippen LogP contribution in [0.1, 0.15) is 22.5 Å².